The second-order valence-corrected chi connectivity index (χ2v) is 6.45. The third-order valence-electron chi connectivity index (χ3n) is 4.32. The van der Waals surface area contributed by atoms with E-state index in [0.29, 0.717) is 6.61 Å². The largest absolute Gasteiger partial charge is 0.445 e. The summed E-state index contributed by atoms with van der Waals surface area (Å²) in [5, 5.41) is 0. The number of fused-ring (bicyclic) bond motifs is 4. The Morgan fingerprint density at radius 3 is 3.05 bits per heavy atom. The van der Waals surface area contributed by atoms with E-state index >= 15 is 0 Å². The topological polar surface area (TPSA) is 42.4 Å². The van der Waals surface area contributed by atoms with Crippen LogP contribution in [0.5, 0.6) is 0 Å². The molecular weight excluding hydrogens is 284 g/mol. The molecule has 2 aliphatic heterocycles. The molecule has 1 aromatic heterocycles. The van der Waals surface area contributed by atoms with E-state index in [1.807, 2.05) is 40.7 Å². The standard InChI is InChI=1S/C16H16N2O2S/c19-16(20-9-11-4-2-1-3-5-11)18-12-6-7-14(18)15-13(8-12)17-10-21-15/h1-5,10,12,14H,6-9H2. The quantitative estimate of drug-likeness (QED) is 0.852. The van der Waals surface area contributed by atoms with E-state index < -0.39 is 0 Å². The average Bonchev–Trinajstić information content (AvgIpc) is 3.11. The average molecular weight is 300 g/mol. The Morgan fingerprint density at radius 1 is 1.33 bits per heavy atom. The lowest BCUT2D eigenvalue weighted by Gasteiger charge is -2.33. The van der Waals surface area contributed by atoms with E-state index in [1.165, 1.54) is 10.6 Å². The fraction of sp³-hybridized carbons (Fsp3) is 0.375. The van der Waals surface area contributed by atoms with Gasteiger partial charge in [-0.3, -0.25) is 4.90 Å². The highest BCUT2D eigenvalue weighted by Crippen LogP contribution is 2.45. The van der Waals surface area contributed by atoms with Gasteiger partial charge in [0.15, 0.2) is 0 Å². The van der Waals surface area contributed by atoms with Gasteiger partial charge in [-0.1, -0.05) is 30.3 Å². The lowest BCUT2D eigenvalue weighted by Crippen LogP contribution is -2.41. The number of hydrogen-bond donors (Lipinski definition) is 0. The zero-order chi connectivity index (χ0) is 14.2. The lowest BCUT2D eigenvalue weighted by atomic mass is 10.1. The molecule has 4 nitrogen and oxygen atoms in total. The Bertz CT molecular complexity index is 655. The number of nitrogens with zero attached hydrogens (tertiary/aromatic N) is 2. The van der Waals surface area contributed by atoms with E-state index in [9.17, 15) is 4.79 Å². The molecule has 21 heavy (non-hydrogen) atoms. The maximum absolute atomic E-state index is 12.5. The van der Waals surface area contributed by atoms with Gasteiger partial charge in [-0.2, -0.15) is 0 Å². The Labute approximate surface area is 127 Å². The minimum absolute atomic E-state index is 0.175. The number of benzene rings is 1. The van der Waals surface area contributed by atoms with E-state index in [-0.39, 0.29) is 18.2 Å². The Balaban J connectivity index is 1.48. The first kappa shape index (κ1) is 12.8. The van der Waals surface area contributed by atoms with Crippen molar-refractivity contribution in [3.63, 3.8) is 0 Å². The highest BCUT2D eigenvalue weighted by Gasteiger charge is 2.44. The van der Waals surface area contributed by atoms with Crippen LogP contribution in [-0.2, 0) is 17.8 Å². The first-order chi connectivity index (χ1) is 10.3. The Morgan fingerprint density at radius 2 is 2.19 bits per heavy atom. The highest BCUT2D eigenvalue weighted by atomic mass is 32.1. The van der Waals surface area contributed by atoms with E-state index in [0.717, 1.165) is 24.8 Å². The number of rotatable bonds is 2. The molecule has 2 bridgehead atoms. The third-order valence-corrected chi connectivity index (χ3v) is 5.30. The summed E-state index contributed by atoms with van der Waals surface area (Å²) in [5.74, 6) is 0. The first-order valence-electron chi connectivity index (χ1n) is 7.24. The molecule has 0 N–H and O–H groups in total. The van der Waals surface area contributed by atoms with Gasteiger partial charge in [-0.25, -0.2) is 9.78 Å². The molecule has 1 fully saturated rings. The summed E-state index contributed by atoms with van der Waals surface area (Å²) in [6.45, 7) is 0.338. The number of amides is 1. The van der Waals surface area contributed by atoms with Gasteiger partial charge >= 0.3 is 6.09 Å². The van der Waals surface area contributed by atoms with Gasteiger partial charge in [0.25, 0.3) is 0 Å². The monoisotopic (exact) mass is 300 g/mol. The van der Waals surface area contributed by atoms with Gasteiger partial charge in [-0.15, -0.1) is 11.3 Å². The molecule has 3 heterocycles. The van der Waals surface area contributed by atoms with Crippen molar-refractivity contribution < 1.29 is 9.53 Å². The molecule has 4 rings (SSSR count). The molecule has 0 aliphatic carbocycles. The molecule has 2 aromatic rings. The summed E-state index contributed by atoms with van der Waals surface area (Å²) in [5.41, 5.74) is 4.09. The SMILES string of the molecule is O=C(OCc1ccccc1)N1C2CCC1c1scnc1C2. The van der Waals surface area contributed by atoms with Crippen LogP contribution in [0, 0.1) is 0 Å². The molecule has 2 unspecified atom stereocenters. The normalized spacial score (nSPS) is 23.0. The summed E-state index contributed by atoms with van der Waals surface area (Å²) < 4.78 is 5.51. The van der Waals surface area contributed by atoms with E-state index in [2.05, 4.69) is 4.98 Å². The maximum Gasteiger partial charge on any atom is 0.410 e. The van der Waals surface area contributed by atoms with Crippen molar-refractivity contribution in [2.45, 2.75) is 38.0 Å². The van der Waals surface area contributed by atoms with Crippen LogP contribution in [0.15, 0.2) is 35.8 Å². The van der Waals surface area contributed by atoms with Crippen molar-refractivity contribution >= 4 is 17.4 Å². The fourth-order valence-electron chi connectivity index (χ4n) is 3.34. The molecule has 108 valence electrons. The zero-order valence-corrected chi connectivity index (χ0v) is 12.4. The number of aromatic nitrogens is 1. The summed E-state index contributed by atoms with van der Waals surface area (Å²) >= 11 is 1.66. The summed E-state index contributed by atoms with van der Waals surface area (Å²) in [6, 6.07) is 10.2. The number of hydrogen-bond acceptors (Lipinski definition) is 4. The summed E-state index contributed by atoms with van der Waals surface area (Å²) in [4.78, 5) is 20.1. The van der Waals surface area contributed by atoms with Crippen LogP contribution in [0.3, 0.4) is 0 Å². The van der Waals surface area contributed by atoms with Crippen LogP contribution < -0.4 is 0 Å². The van der Waals surface area contributed by atoms with Gasteiger partial charge in [0.1, 0.15) is 6.61 Å². The van der Waals surface area contributed by atoms with Crippen molar-refractivity contribution in [1.82, 2.24) is 9.88 Å². The Kier molecular flexibility index (Phi) is 3.15. The second-order valence-electron chi connectivity index (χ2n) is 5.56. The second kappa shape index (κ2) is 5.15. The van der Waals surface area contributed by atoms with Crippen LogP contribution in [0.25, 0.3) is 0 Å². The van der Waals surface area contributed by atoms with Crippen LogP contribution in [0.4, 0.5) is 4.79 Å². The fourth-order valence-corrected chi connectivity index (χ4v) is 4.29. The van der Waals surface area contributed by atoms with E-state index in [4.69, 9.17) is 4.74 Å². The van der Waals surface area contributed by atoms with Crippen molar-refractivity contribution in [3.05, 3.63) is 52.0 Å². The van der Waals surface area contributed by atoms with Gasteiger partial charge < -0.3 is 4.74 Å². The minimum atomic E-state index is -0.189. The van der Waals surface area contributed by atoms with Crippen LogP contribution in [0.1, 0.15) is 35.0 Å². The maximum atomic E-state index is 12.5. The molecule has 0 radical (unpaired) electrons. The van der Waals surface area contributed by atoms with Gasteiger partial charge in [0, 0.05) is 12.5 Å². The van der Waals surface area contributed by atoms with Gasteiger partial charge in [0.2, 0.25) is 0 Å². The molecule has 2 aliphatic rings. The minimum Gasteiger partial charge on any atom is -0.445 e. The zero-order valence-electron chi connectivity index (χ0n) is 11.6. The van der Waals surface area contributed by atoms with Gasteiger partial charge in [0.05, 0.1) is 22.1 Å². The van der Waals surface area contributed by atoms with Crippen LogP contribution >= 0.6 is 11.3 Å². The molecular formula is C16H16N2O2S. The van der Waals surface area contributed by atoms with Crippen molar-refractivity contribution in [2.24, 2.45) is 0 Å². The molecule has 1 amide bonds. The first-order valence-corrected chi connectivity index (χ1v) is 8.12. The van der Waals surface area contributed by atoms with Crippen molar-refractivity contribution in [2.75, 3.05) is 0 Å². The van der Waals surface area contributed by atoms with Gasteiger partial charge in [-0.05, 0) is 18.4 Å². The molecule has 1 aromatic carbocycles. The third kappa shape index (κ3) is 2.21. The van der Waals surface area contributed by atoms with Crippen LogP contribution in [-0.4, -0.2) is 22.0 Å². The lowest BCUT2D eigenvalue weighted by molar-refractivity contribution is 0.0748. The highest BCUT2D eigenvalue weighted by molar-refractivity contribution is 7.09. The van der Waals surface area contributed by atoms with E-state index in [1.54, 1.807) is 11.3 Å². The smallest absolute Gasteiger partial charge is 0.410 e. The molecule has 0 saturated carbocycles. The summed E-state index contributed by atoms with van der Waals surface area (Å²) in [7, 11) is 0. The molecule has 1 saturated heterocycles. The number of carbonyl (C=O) groups is 1. The van der Waals surface area contributed by atoms with Crippen LogP contribution in [0.2, 0.25) is 0 Å². The molecule has 2 atom stereocenters. The summed E-state index contributed by atoms with van der Waals surface area (Å²) in [6.07, 6.45) is 2.76. The van der Waals surface area contributed by atoms with Crippen molar-refractivity contribution in [1.29, 1.82) is 0 Å². The predicted molar refractivity (Wildman–Crippen MR) is 80.0 cm³/mol. The molecule has 0 spiro atoms. The molecule has 5 heteroatoms. The number of thiazole rings is 1. The Hall–Kier alpha value is -1.88. The number of carbonyl (C=O) groups excluding carboxylic acids is 1. The number of ether oxygens (including phenoxy) is 1. The predicted octanol–water partition coefficient (Wildman–Crippen LogP) is 3.54. The van der Waals surface area contributed by atoms with Crippen molar-refractivity contribution in [3.8, 4) is 0 Å².